The molecule has 0 bridgehead atoms. The summed E-state index contributed by atoms with van der Waals surface area (Å²) < 4.78 is 0. The summed E-state index contributed by atoms with van der Waals surface area (Å²) in [5.74, 6) is 0.773. The van der Waals surface area contributed by atoms with Crippen molar-refractivity contribution in [2.45, 2.75) is 65.0 Å². The number of benzene rings is 2. The molecule has 1 unspecified atom stereocenters. The van der Waals surface area contributed by atoms with E-state index < -0.39 is 0 Å². The molecule has 1 saturated heterocycles. The van der Waals surface area contributed by atoms with Crippen LogP contribution in [0.5, 0.6) is 5.75 Å². The second-order valence-corrected chi connectivity index (χ2v) is 10.1. The predicted molar refractivity (Wildman–Crippen MR) is 143 cm³/mol. The number of hydrogen-bond acceptors (Lipinski definition) is 5. The van der Waals surface area contributed by atoms with Crippen molar-refractivity contribution >= 4 is 11.6 Å². The van der Waals surface area contributed by atoms with Gasteiger partial charge in [-0.15, -0.1) is 0 Å². The molecular weight excluding hydrogens is 438 g/mol. The lowest BCUT2D eigenvalue weighted by Gasteiger charge is -2.32. The highest BCUT2D eigenvalue weighted by Crippen LogP contribution is 2.28. The van der Waals surface area contributed by atoms with Gasteiger partial charge in [0.15, 0.2) is 0 Å². The van der Waals surface area contributed by atoms with Crippen molar-refractivity contribution in [2.75, 3.05) is 38.2 Å². The molecule has 6 nitrogen and oxygen atoms in total. The Morgan fingerprint density at radius 3 is 2.57 bits per heavy atom. The summed E-state index contributed by atoms with van der Waals surface area (Å²) >= 11 is 0. The third-order valence-corrected chi connectivity index (χ3v) is 7.16. The molecule has 2 aromatic carbocycles. The number of aromatic hydroxyl groups is 1. The molecule has 6 heteroatoms. The standard InChI is InChI=1S/C21H33N3O.C8H10O2/c1-16-13-20(23(3)21(25)18-7-5-4-6-8-18)10-9-19(16)15-24-12-11-22-17(2)14-24;9-5-4-7-2-1-3-8(10)6-7/h9-10,13,17-18,22H,4-8,11-12,14-15H2,1-3H3;1-3,6,9-10H,4-5H2. The Bertz CT molecular complexity index is 943. The van der Waals surface area contributed by atoms with Crippen LogP contribution in [-0.2, 0) is 17.8 Å². The maximum atomic E-state index is 12.8. The fourth-order valence-electron chi connectivity index (χ4n) is 5.05. The number of carbonyl (C=O) groups is 1. The van der Waals surface area contributed by atoms with Gasteiger partial charge in [0.05, 0.1) is 0 Å². The highest BCUT2D eigenvalue weighted by Gasteiger charge is 2.25. The highest BCUT2D eigenvalue weighted by molar-refractivity contribution is 5.94. The summed E-state index contributed by atoms with van der Waals surface area (Å²) in [6.45, 7) is 8.81. The van der Waals surface area contributed by atoms with Crippen LogP contribution < -0.4 is 10.2 Å². The van der Waals surface area contributed by atoms with Crippen LogP contribution in [0, 0.1) is 12.8 Å². The Kier molecular flexibility index (Phi) is 10.6. The van der Waals surface area contributed by atoms with E-state index in [4.69, 9.17) is 10.2 Å². The lowest BCUT2D eigenvalue weighted by atomic mass is 9.88. The van der Waals surface area contributed by atoms with Gasteiger partial charge in [-0.25, -0.2) is 0 Å². The lowest BCUT2D eigenvalue weighted by molar-refractivity contribution is -0.123. The van der Waals surface area contributed by atoms with Gasteiger partial charge in [-0.1, -0.05) is 37.5 Å². The van der Waals surface area contributed by atoms with E-state index >= 15 is 0 Å². The first kappa shape index (κ1) is 27.2. The van der Waals surface area contributed by atoms with Gasteiger partial charge in [-0.05, 0) is 74.1 Å². The van der Waals surface area contributed by atoms with E-state index in [1.54, 1.807) is 18.2 Å². The molecule has 2 aromatic rings. The zero-order valence-corrected chi connectivity index (χ0v) is 21.7. The zero-order valence-electron chi connectivity index (χ0n) is 21.7. The molecule has 1 atom stereocenters. The number of phenolic OH excluding ortho intramolecular Hbond substituents is 1. The van der Waals surface area contributed by atoms with E-state index in [0.717, 1.165) is 50.3 Å². The average molecular weight is 482 g/mol. The van der Waals surface area contributed by atoms with Gasteiger partial charge in [0, 0.05) is 57.5 Å². The van der Waals surface area contributed by atoms with Gasteiger partial charge in [-0.2, -0.15) is 0 Å². The molecule has 2 fully saturated rings. The predicted octanol–water partition coefficient (Wildman–Crippen LogP) is 4.26. The van der Waals surface area contributed by atoms with Crippen LogP contribution >= 0.6 is 0 Å². The SMILES string of the molecule is Cc1cc(N(C)C(=O)C2CCCCC2)ccc1CN1CCNC(C)C1.OCCc1cccc(O)c1. The molecule has 1 heterocycles. The number of anilines is 1. The Hall–Kier alpha value is -2.41. The third kappa shape index (κ3) is 8.34. The lowest BCUT2D eigenvalue weighted by Crippen LogP contribution is -2.48. The van der Waals surface area contributed by atoms with Gasteiger partial charge < -0.3 is 20.4 Å². The number of amides is 1. The molecule has 1 aliphatic carbocycles. The van der Waals surface area contributed by atoms with Crippen molar-refractivity contribution in [1.82, 2.24) is 10.2 Å². The van der Waals surface area contributed by atoms with Crippen molar-refractivity contribution in [3.05, 3.63) is 59.2 Å². The first-order valence-corrected chi connectivity index (χ1v) is 13.1. The van der Waals surface area contributed by atoms with E-state index in [-0.39, 0.29) is 18.3 Å². The third-order valence-electron chi connectivity index (χ3n) is 7.16. The normalized spacial score (nSPS) is 19.0. The number of aliphatic hydroxyl groups is 1. The quantitative estimate of drug-likeness (QED) is 0.575. The van der Waals surface area contributed by atoms with Crippen molar-refractivity contribution in [3.63, 3.8) is 0 Å². The van der Waals surface area contributed by atoms with Crippen molar-refractivity contribution in [3.8, 4) is 5.75 Å². The van der Waals surface area contributed by atoms with Gasteiger partial charge >= 0.3 is 0 Å². The van der Waals surface area contributed by atoms with E-state index in [2.05, 4.69) is 42.3 Å². The number of nitrogens with one attached hydrogen (secondary N) is 1. The number of aliphatic hydroxyl groups excluding tert-OH is 1. The molecule has 4 rings (SSSR count). The summed E-state index contributed by atoms with van der Waals surface area (Å²) in [5.41, 5.74) is 4.65. The molecule has 192 valence electrons. The second kappa shape index (κ2) is 13.6. The highest BCUT2D eigenvalue weighted by atomic mass is 16.3. The molecule has 2 aliphatic rings. The summed E-state index contributed by atoms with van der Waals surface area (Å²) in [4.78, 5) is 17.1. The molecule has 1 aliphatic heterocycles. The average Bonchev–Trinajstić information content (AvgIpc) is 2.86. The monoisotopic (exact) mass is 481 g/mol. The molecule has 35 heavy (non-hydrogen) atoms. The number of phenols is 1. The number of piperazine rings is 1. The van der Waals surface area contributed by atoms with Crippen molar-refractivity contribution in [1.29, 1.82) is 0 Å². The first-order valence-electron chi connectivity index (χ1n) is 13.1. The van der Waals surface area contributed by atoms with Gasteiger partial charge in [0.25, 0.3) is 0 Å². The van der Waals surface area contributed by atoms with Crippen LogP contribution in [0.15, 0.2) is 42.5 Å². The molecule has 1 amide bonds. The molecule has 1 saturated carbocycles. The zero-order chi connectivity index (χ0) is 25.2. The van der Waals surface area contributed by atoms with E-state index in [9.17, 15) is 4.79 Å². The molecule has 0 spiro atoms. The smallest absolute Gasteiger partial charge is 0.229 e. The molecule has 0 radical (unpaired) electrons. The van der Waals surface area contributed by atoms with Crippen LogP contribution in [0.25, 0.3) is 0 Å². The van der Waals surface area contributed by atoms with Gasteiger partial charge in [-0.3, -0.25) is 9.69 Å². The second-order valence-electron chi connectivity index (χ2n) is 10.1. The summed E-state index contributed by atoms with van der Waals surface area (Å²) in [6, 6.07) is 14.0. The molecule has 3 N–H and O–H groups in total. The van der Waals surface area contributed by atoms with Crippen LogP contribution in [0.4, 0.5) is 5.69 Å². The largest absolute Gasteiger partial charge is 0.508 e. The number of rotatable bonds is 6. The molecular formula is C29H43N3O3. The van der Waals surface area contributed by atoms with Crippen LogP contribution in [-0.4, -0.2) is 60.4 Å². The minimum absolute atomic E-state index is 0.128. The maximum Gasteiger partial charge on any atom is 0.229 e. The van der Waals surface area contributed by atoms with E-state index in [1.807, 2.05) is 18.0 Å². The van der Waals surface area contributed by atoms with Crippen molar-refractivity contribution in [2.24, 2.45) is 5.92 Å². The van der Waals surface area contributed by atoms with Gasteiger partial charge in [0.1, 0.15) is 5.75 Å². The fourth-order valence-corrected chi connectivity index (χ4v) is 5.05. The van der Waals surface area contributed by atoms with E-state index in [1.165, 1.54) is 30.4 Å². The first-order chi connectivity index (χ1) is 16.9. The number of carbonyl (C=O) groups excluding carboxylic acids is 1. The minimum Gasteiger partial charge on any atom is -0.508 e. The van der Waals surface area contributed by atoms with Crippen LogP contribution in [0.1, 0.15) is 55.7 Å². The Morgan fingerprint density at radius 1 is 1.14 bits per heavy atom. The van der Waals surface area contributed by atoms with Gasteiger partial charge in [0.2, 0.25) is 5.91 Å². The Balaban J connectivity index is 0.000000287. The fraction of sp³-hybridized carbons (Fsp3) is 0.552. The number of hydrogen-bond donors (Lipinski definition) is 3. The summed E-state index contributed by atoms with van der Waals surface area (Å²) in [5, 5.41) is 21.0. The number of nitrogens with zero attached hydrogens (tertiary/aromatic N) is 2. The maximum absolute atomic E-state index is 12.8. The summed E-state index contributed by atoms with van der Waals surface area (Å²) in [7, 11) is 1.93. The van der Waals surface area contributed by atoms with Crippen LogP contribution in [0.3, 0.4) is 0 Å². The van der Waals surface area contributed by atoms with E-state index in [0.29, 0.717) is 18.4 Å². The Labute approximate surface area is 211 Å². The minimum atomic E-state index is 0.128. The topological polar surface area (TPSA) is 76.0 Å². The molecule has 0 aromatic heterocycles. The summed E-state index contributed by atoms with van der Waals surface area (Å²) in [6.07, 6.45) is 6.40. The number of aryl methyl sites for hydroxylation is 1. The Morgan fingerprint density at radius 2 is 1.91 bits per heavy atom. The van der Waals surface area contributed by atoms with Crippen molar-refractivity contribution < 1.29 is 15.0 Å². The van der Waals surface area contributed by atoms with Crippen LogP contribution in [0.2, 0.25) is 0 Å².